The molecule has 1 heterocycles. The van der Waals surface area contributed by atoms with Gasteiger partial charge >= 0.3 is 0 Å². The summed E-state index contributed by atoms with van der Waals surface area (Å²) in [6.07, 6.45) is 0. The first kappa shape index (κ1) is 18.3. The molecule has 0 aliphatic rings. The monoisotopic (exact) mass is 390 g/mol. The number of hydrogen-bond donors (Lipinski definition) is 0. The lowest BCUT2D eigenvalue weighted by atomic mass is 10.1. The summed E-state index contributed by atoms with van der Waals surface area (Å²) in [5.41, 5.74) is 4.05. The van der Waals surface area contributed by atoms with Gasteiger partial charge in [-0.15, -0.1) is 0 Å². The van der Waals surface area contributed by atoms with Crippen LogP contribution in [0.4, 0.5) is 0 Å². The molecule has 0 aliphatic carbocycles. The minimum atomic E-state index is -0.202. The minimum absolute atomic E-state index is 0.173. The average molecular weight is 391 g/mol. The van der Waals surface area contributed by atoms with Crippen LogP contribution < -0.4 is 10.2 Å². The van der Waals surface area contributed by atoms with Gasteiger partial charge < -0.3 is 9.15 Å². The van der Waals surface area contributed by atoms with Crippen LogP contribution in [0.3, 0.4) is 0 Å². The minimum Gasteiger partial charge on any atom is -0.481 e. The van der Waals surface area contributed by atoms with E-state index in [0.29, 0.717) is 27.3 Å². The highest BCUT2D eigenvalue weighted by Gasteiger charge is 2.19. The third-order valence-corrected chi connectivity index (χ3v) is 4.96. The number of fused-ring (bicyclic) bond motifs is 1. The molecule has 3 aromatic carbocycles. The van der Waals surface area contributed by atoms with Gasteiger partial charge in [-0.05, 0) is 43.7 Å². The molecule has 28 heavy (non-hydrogen) atoms. The second-order valence-corrected chi connectivity index (χ2v) is 7.25. The summed E-state index contributed by atoms with van der Waals surface area (Å²) in [4.78, 5) is 13.2. The molecule has 4 rings (SSSR count). The summed E-state index contributed by atoms with van der Waals surface area (Å²) < 4.78 is 12.1. The van der Waals surface area contributed by atoms with Crippen LogP contribution in [0, 0.1) is 13.8 Å². The van der Waals surface area contributed by atoms with Gasteiger partial charge in [0, 0.05) is 5.56 Å². The molecule has 0 saturated carbocycles. The highest BCUT2D eigenvalue weighted by molar-refractivity contribution is 6.33. The molecule has 1 aromatic heterocycles. The quantitative estimate of drug-likeness (QED) is 0.410. The van der Waals surface area contributed by atoms with Gasteiger partial charge in [0.15, 0.2) is 5.76 Å². The van der Waals surface area contributed by atoms with Crippen LogP contribution >= 0.6 is 11.6 Å². The third kappa shape index (κ3) is 3.54. The Morgan fingerprint density at radius 1 is 0.929 bits per heavy atom. The van der Waals surface area contributed by atoms with Gasteiger partial charge in [0.25, 0.3) is 0 Å². The van der Waals surface area contributed by atoms with Gasteiger partial charge in [-0.2, -0.15) is 0 Å². The predicted octanol–water partition coefficient (Wildman–Crippen LogP) is 6.31. The highest BCUT2D eigenvalue weighted by atomic mass is 35.5. The number of aryl methyl sites for hydroxylation is 2. The molecule has 3 nitrogen and oxygen atoms in total. The molecule has 0 N–H and O–H groups in total. The largest absolute Gasteiger partial charge is 0.481 e. The van der Waals surface area contributed by atoms with Crippen molar-refractivity contribution in [1.82, 2.24) is 0 Å². The van der Waals surface area contributed by atoms with Crippen LogP contribution in [0.5, 0.6) is 5.75 Å². The number of hydrogen-bond acceptors (Lipinski definition) is 3. The molecular formula is C24H19ClO3. The van der Waals surface area contributed by atoms with Crippen molar-refractivity contribution in [3.05, 3.63) is 98.7 Å². The Bertz CT molecular complexity index is 1210. The number of rotatable bonds is 4. The number of benzene rings is 3. The number of halogens is 1. The zero-order valence-corrected chi connectivity index (χ0v) is 16.4. The van der Waals surface area contributed by atoms with E-state index in [1.165, 1.54) is 5.56 Å². The first-order valence-corrected chi connectivity index (χ1v) is 9.41. The maximum Gasteiger partial charge on any atom is 0.235 e. The normalized spacial score (nSPS) is 11.0. The zero-order chi connectivity index (χ0) is 19.7. The van der Waals surface area contributed by atoms with Crippen LogP contribution in [0.2, 0.25) is 5.02 Å². The molecule has 0 saturated heterocycles. The third-order valence-electron chi connectivity index (χ3n) is 4.63. The number of ether oxygens (including phenoxy) is 1. The Morgan fingerprint density at radius 3 is 2.39 bits per heavy atom. The second-order valence-electron chi connectivity index (χ2n) is 6.84. The highest BCUT2D eigenvalue weighted by Crippen LogP contribution is 2.35. The van der Waals surface area contributed by atoms with Crippen LogP contribution in [-0.4, -0.2) is 0 Å². The lowest BCUT2D eigenvalue weighted by molar-refractivity contribution is 0.298. The molecule has 0 atom stereocenters. The van der Waals surface area contributed by atoms with Crippen LogP contribution in [0.15, 0.2) is 75.9 Å². The van der Waals surface area contributed by atoms with E-state index in [0.717, 1.165) is 11.1 Å². The first-order chi connectivity index (χ1) is 13.5. The van der Waals surface area contributed by atoms with Crippen molar-refractivity contribution in [1.29, 1.82) is 0 Å². The summed E-state index contributed by atoms with van der Waals surface area (Å²) in [5, 5.41) is 0.993. The van der Waals surface area contributed by atoms with Gasteiger partial charge in [0.05, 0.1) is 10.4 Å². The fraction of sp³-hybridized carbons (Fsp3) is 0.125. The average Bonchev–Trinajstić information content (AvgIpc) is 2.69. The van der Waals surface area contributed by atoms with E-state index < -0.39 is 0 Å². The smallest absolute Gasteiger partial charge is 0.235 e. The van der Waals surface area contributed by atoms with Crippen molar-refractivity contribution in [2.45, 2.75) is 20.5 Å². The molecular weight excluding hydrogens is 372 g/mol. The van der Waals surface area contributed by atoms with Crippen molar-refractivity contribution >= 4 is 22.6 Å². The van der Waals surface area contributed by atoms with Crippen LogP contribution in [-0.2, 0) is 6.61 Å². The lowest BCUT2D eigenvalue weighted by Crippen LogP contribution is -2.10. The Hall–Kier alpha value is -3.04. The molecule has 0 unspecified atom stereocenters. The predicted molar refractivity (Wildman–Crippen MR) is 113 cm³/mol. The summed E-state index contributed by atoms with van der Waals surface area (Å²) in [5.74, 6) is 0.519. The molecule has 0 radical (unpaired) electrons. The molecule has 0 aliphatic heterocycles. The SMILES string of the molecule is Cc1ccc(COc2c(-c3ccccc3Cl)oc3ccc(C)cc3c2=O)cc1. The van der Waals surface area contributed by atoms with Gasteiger partial charge in [-0.1, -0.05) is 65.2 Å². The molecule has 140 valence electrons. The maximum atomic E-state index is 13.2. The summed E-state index contributed by atoms with van der Waals surface area (Å²) in [6, 6.07) is 20.8. The van der Waals surface area contributed by atoms with Crippen molar-refractivity contribution in [3.8, 4) is 17.1 Å². The van der Waals surface area contributed by atoms with Crippen molar-refractivity contribution in [3.63, 3.8) is 0 Å². The zero-order valence-electron chi connectivity index (χ0n) is 15.7. The molecule has 4 heteroatoms. The van der Waals surface area contributed by atoms with Gasteiger partial charge in [0.1, 0.15) is 12.2 Å². The maximum absolute atomic E-state index is 13.2. The van der Waals surface area contributed by atoms with E-state index in [2.05, 4.69) is 0 Å². The Kier molecular flexibility index (Phi) is 4.93. The summed E-state index contributed by atoms with van der Waals surface area (Å²) in [7, 11) is 0. The standard InChI is InChI=1S/C24H19ClO3/c1-15-7-10-17(11-8-15)14-27-24-22(26)19-13-16(2)9-12-21(19)28-23(24)18-5-3-4-6-20(18)25/h3-13H,14H2,1-2H3. The molecule has 0 fully saturated rings. The van der Waals surface area contributed by atoms with E-state index in [1.54, 1.807) is 12.1 Å². The van der Waals surface area contributed by atoms with E-state index in [1.807, 2.05) is 68.4 Å². The summed E-state index contributed by atoms with van der Waals surface area (Å²) >= 11 is 6.38. The van der Waals surface area contributed by atoms with Gasteiger partial charge in [-0.3, -0.25) is 4.79 Å². The fourth-order valence-corrected chi connectivity index (χ4v) is 3.31. The van der Waals surface area contributed by atoms with Gasteiger partial charge in [0.2, 0.25) is 11.2 Å². The Balaban J connectivity index is 1.87. The van der Waals surface area contributed by atoms with E-state index in [4.69, 9.17) is 20.8 Å². The topological polar surface area (TPSA) is 39.4 Å². The van der Waals surface area contributed by atoms with Crippen molar-refractivity contribution in [2.75, 3.05) is 0 Å². The van der Waals surface area contributed by atoms with Crippen molar-refractivity contribution in [2.24, 2.45) is 0 Å². The Morgan fingerprint density at radius 2 is 1.64 bits per heavy atom. The lowest BCUT2D eigenvalue weighted by Gasteiger charge is -2.13. The molecule has 4 aromatic rings. The Labute approximate surface area is 168 Å². The van der Waals surface area contributed by atoms with Crippen molar-refractivity contribution < 1.29 is 9.15 Å². The van der Waals surface area contributed by atoms with E-state index in [-0.39, 0.29) is 17.8 Å². The fourth-order valence-electron chi connectivity index (χ4n) is 3.09. The van der Waals surface area contributed by atoms with Crippen LogP contribution in [0.25, 0.3) is 22.3 Å². The molecule has 0 bridgehead atoms. The van der Waals surface area contributed by atoms with E-state index >= 15 is 0 Å². The van der Waals surface area contributed by atoms with E-state index in [9.17, 15) is 4.79 Å². The molecule has 0 spiro atoms. The first-order valence-electron chi connectivity index (χ1n) is 9.03. The van der Waals surface area contributed by atoms with Crippen LogP contribution in [0.1, 0.15) is 16.7 Å². The summed E-state index contributed by atoms with van der Waals surface area (Å²) in [6.45, 7) is 4.23. The molecule has 0 amide bonds. The van der Waals surface area contributed by atoms with Gasteiger partial charge in [-0.25, -0.2) is 0 Å². The second kappa shape index (κ2) is 7.53.